The van der Waals surface area contributed by atoms with Crippen molar-refractivity contribution in [2.45, 2.75) is 17.7 Å². The molecule has 1 N–H and O–H groups in total. The third-order valence-electron chi connectivity index (χ3n) is 3.99. The molecule has 0 bridgehead atoms. The van der Waals surface area contributed by atoms with Crippen LogP contribution in [0.4, 0.5) is 5.69 Å². The highest BCUT2D eigenvalue weighted by Gasteiger charge is 2.15. The van der Waals surface area contributed by atoms with Crippen molar-refractivity contribution in [3.63, 3.8) is 0 Å². The Hall–Kier alpha value is -2.78. The Labute approximate surface area is 164 Å². The number of anilines is 1. The maximum atomic E-state index is 12.3. The molecule has 7 nitrogen and oxygen atoms in total. The second kappa shape index (κ2) is 8.07. The number of hydrogen-bond donors (Lipinski definition) is 1. The summed E-state index contributed by atoms with van der Waals surface area (Å²) in [6.07, 6.45) is 0. The fourth-order valence-corrected chi connectivity index (χ4v) is 4.44. The van der Waals surface area contributed by atoms with Gasteiger partial charge in [0.1, 0.15) is 0 Å². The highest BCUT2D eigenvalue weighted by molar-refractivity contribution is 7.92. The summed E-state index contributed by atoms with van der Waals surface area (Å²) in [6.45, 7) is 1.54. The third kappa shape index (κ3) is 4.93. The Morgan fingerprint density at radius 3 is 2.07 bits per heavy atom. The van der Waals surface area contributed by atoms with Crippen LogP contribution in [0, 0.1) is 0 Å². The summed E-state index contributed by atoms with van der Waals surface area (Å²) in [7, 11) is -6.94. The van der Waals surface area contributed by atoms with Crippen LogP contribution in [0.25, 0.3) is 11.3 Å². The van der Waals surface area contributed by atoms with Crippen LogP contribution < -0.4 is 4.72 Å². The molecule has 9 heteroatoms. The Morgan fingerprint density at radius 1 is 0.821 bits per heavy atom. The zero-order chi connectivity index (χ0) is 20.2. The zero-order valence-corrected chi connectivity index (χ0v) is 16.7. The van der Waals surface area contributed by atoms with Gasteiger partial charge in [-0.3, -0.25) is 4.72 Å². The van der Waals surface area contributed by atoms with E-state index < -0.39 is 19.9 Å². The maximum absolute atomic E-state index is 12.3. The first-order valence-corrected chi connectivity index (χ1v) is 11.8. The highest BCUT2D eigenvalue weighted by atomic mass is 32.2. The molecule has 3 aromatic rings. The van der Waals surface area contributed by atoms with E-state index in [0.717, 1.165) is 0 Å². The van der Waals surface area contributed by atoms with Crippen LogP contribution >= 0.6 is 0 Å². The summed E-state index contributed by atoms with van der Waals surface area (Å²) in [4.78, 5) is 0. The van der Waals surface area contributed by atoms with Gasteiger partial charge in [0.25, 0.3) is 0 Å². The largest absolute Gasteiger partial charge is 0.283 e. The number of sulfone groups is 1. The van der Waals surface area contributed by atoms with Gasteiger partial charge in [-0.15, -0.1) is 10.2 Å². The minimum absolute atomic E-state index is 0.0428. The summed E-state index contributed by atoms with van der Waals surface area (Å²) in [5, 5.41) is 7.67. The number of nitrogens with one attached hydrogen (secondary N) is 1. The average molecular weight is 418 g/mol. The lowest BCUT2D eigenvalue weighted by molar-refractivity contribution is 0.591. The van der Waals surface area contributed by atoms with Gasteiger partial charge in [-0.25, -0.2) is 16.8 Å². The zero-order valence-electron chi connectivity index (χ0n) is 15.1. The molecular weight excluding hydrogens is 398 g/mol. The molecule has 0 aliphatic heterocycles. The summed E-state index contributed by atoms with van der Waals surface area (Å²) in [5.74, 6) is -0.159. The van der Waals surface area contributed by atoms with Crippen LogP contribution in [0.5, 0.6) is 0 Å². The van der Waals surface area contributed by atoms with Gasteiger partial charge < -0.3 is 0 Å². The minimum Gasteiger partial charge on any atom is -0.283 e. The van der Waals surface area contributed by atoms with Crippen molar-refractivity contribution < 1.29 is 16.8 Å². The van der Waals surface area contributed by atoms with E-state index in [-0.39, 0.29) is 16.5 Å². The van der Waals surface area contributed by atoms with Gasteiger partial charge in [-0.05, 0) is 29.8 Å². The number of sulfonamides is 1. The molecule has 1 heterocycles. The molecule has 0 saturated heterocycles. The van der Waals surface area contributed by atoms with E-state index in [1.807, 2.05) is 6.07 Å². The molecule has 146 valence electrons. The lowest BCUT2D eigenvalue weighted by Crippen LogP contribution is -2.14. The van der Waals surface area contributed by atoms with Crippen molar-refractivity contribution in [2.24, 2.45) is 0 Å². The molecule has 0 atom stereocenters. The number of nitrogens with zero attached hydrogens (tertiary/aromatic N) is 2. The quantitative estimate of drug-likeness (QED) is 0.634. The van der Waals surface area contributed by atoms with E-state index in [1.165, 1.54) is 6.07 Å². The maximum Gasteiger partial charge on any atom is 0.236 e. The van der Waals surface area contributed by atoms with Crippen molar-refractivity contribution in [3.8, 4) is 11.3 Å². The van der Waals surface area contributed by atoms with E-state index >= 15 is 0 Å². The van der Waals surface area contributed by atoms with E-state index in [9.17, 15) is 16.8 Å². The fraction of sp³-hybridized carbons (Fsp3) is 0.158. The second-order valence-electron chi connectivity index (χ2n) is 6.08. The van der Waals surface area contributed by atoms with Gasteiger partial charge in [0.2, 0.25) is 10.0 Å². The average Bonchev–Trinajstić information content (AvgIpc) is 2.69. The third-order valence-corrected chi connectivity index (χ3v) is 6.87. The van der Waals surface area contributed by atoms with Gasteiger partial charge in [0.05, 0.1) is 17.2 Å². The van der Waals surface area contributed by atoms with Crippen LogP contribution in [0.1, 0.15) is 12.5 Å². The molecule has 0 radical (unpaired) electrons. The molecule has 0 unspecified atom stereocenters. The lowest BCUT2D eigenvalue weighted by atomic mass is 10.1. The normalized spacial score (nSPS) is 11.9. The van der Waals surface area contributed by atoms with Crippen molar-refractivity contribution >= 4 is 25.5 Å². The van der Waals surface area contributed by atoms with Gasteiger partial charge in [0, 0.05) is 11.3 Å². The molecule has 2 aromatic carbocycles. The Morgan fingerprint density at radius 2 is 1.50 bits per heavy atom. The Kier molecular flexibility index (Phi) is 5.76. The van der Waals surface area contributed by atoms with Crippen molar-refractivity contribution in [2.75, 3.05) is 10.5 Å². The van der Waals surface area contributed by atoms with Crippen LogP contribution in [0.2, 0.25) is 0 Å². The molecule has 0 fully saturated rings. The monoisotopic (exact) mass is 417 g/mol. The van der Waals surface area contributed by atoms with Gasteiger partial charge in [0.15, 0.2) is 14.9 Å². The minimum atomic E-state index is -3.53. The van der Waals surface area contributed by atoms with Crippen LogP contribution in [-0.4, -0.2) is 32.8 Å². The molecule has 0 aliphatic rings. The molecule has 0 spiro atoms. The number of aromatic nitrogens is 2. The van der Waals surface area contributed by atoms with Crippen LogP contribution in [-0.2, 0) is 25.6 Å². The van der Waals surface area contributed by atoms with Crippen molar-refractivity contribution in [1.29, 1.82) is 0 Å². The standard InChI is InChI=1S/C19H19N3O4S2/c1-2-27(23,24)19-13-12-18(20-21-19)16-8-10-17(11-9-16)22-28(25,26)14-15-6-4-3-5-7-15/h3-13,22H,2,14H2,1H3. The molecule has 0 saturated carbocycles. The van der Waals surface area contributed by atoms with Crippen molar-refractivity contribution in [1.82, 2.24) is 10.2 Å². The van der Waals surface area contributed by atoms with Crippen LogP contribution in [0.15, 0.2) is 71.8 Å². The highest BCUT2D eigenvalue weighted by Crippen LogP contribution is 2.21. The Balaban J connectivity index is 1.73. The predicted molar refractivity (Wildman–Crippen MR) is 108 cm³/mol. The molecule has 1 aromatic heterocycles. The van der Waals surface area contributed by atoms with Crippen molar-refractivity contribution in [3.05, 3.63) is 72.3 Å². The van der Waals surface area contributed by atoms with Gasteiger partial charge >= 0.3 is 0 Å². The van der Waals surface area contributed by atoms with Gasteiger partial charge in [-0.1, -0.05) is 49.4 Å². The van der Waals surface area contributed by atoms with Crippen LogP contribution in [0.3, 0.4) is 0 Å². The van der Waals surface area contributed by atoms with E-state index in [0.29, 0.717) is 22.5 Å². The first kappa shape index (κ1) is 20.0. The van der Waals surface area contributed by atoms with E-state index in [2.05, 4.69) is 14.9 Å². The molecule has 28 heavy (non-hydrogen) atoms. The number of rotatable bonds is 7. The van der Waals surface area contributed by atoms with Gasteiger partial charge in [-0.2, -0.15) is 0 Å². The Bertz CT molecular complexity index is 1140. The summed E-state index contributed by atoms with van der Waals surface area (Å²) < 4.78 is 50.7. The number of hydrogen-bond acceptors (Lipinski definition) is 6. The lowest BCUT2D eigenvalue weighted by Gasteiger charge is -2.09. The van der Waals surface area contributed by atoms with E-state index in [4.69, 9.17) is 0 Å². The SMILES string of the molecule is CCS(=O)(=O)c1ccc(-c2ccc(NS(=O)(=O)Cc3ccccc3)cc2)nn1. The smallest absolute Gasteiger partial charge is 0.236 e. The van der Waals surface area contributed by atoms with E-state index in [1.54, 1.807) is 61.5 Å². The summed E-state index contributed by atoms with van der Waals surface area (Å²) in [5.41, 5.74) is 2.31. The first-order valence-electron chi connectivity index (χ1n) is 8.50. The molecule has 0 amide bonds. The molecular formula is C19H19N3O4S2. The second-order valence-corrected chi connectivity index (χ2v) is 10.0. The topological polar surface area (TPSA) is 106 Å². The molecule has 0 aliphatic carbocycles. The summed E-state index contributed by atoms with van der Waals surface area (Å²) >= 11 is 0. The fourth-order valence-electron chi connectivity index (χ4n) is 2.51. The molecule has 3 rings (SSSR count). The summed E-state index contributed by atoms with van der Waals surface area (Å²) in [6, 6.07) is 18.5. The first-order chi connectivity index (χ1) is 13.3. The predicted octanol–water partition coefficient (Wildman–Crippen LogP) is 2.88. The number of benzene rings is 2.